The summed E-state index contributed by atoms with van der Waals surface area (Å²) in [6, 6.07) is 19.6. The maximum Gasteiger partial charge on any atom is 0.339 e. The number of nitrogens with zero attached hydrogens (tertiary/aromatic N) is 1. The highest BCUT2D eigenvalue weighted by atomic mass is 32.2. The minimum Gasteiger partial charge on any atom is -0.376 e. The molecule has 3 aromatic carbocycles. The van der Waals surface area contributed by atoms with Gasteiger partial charge >= 0.3 is 10.1 Å². The Labute approximate surface area is 171 Å². The second kappa shape index (κ2) is 6.36. The van der Waals surface area contributed by atoms with Crippen LogP contribution >= 0.6 is 0 Å². The zero-order valence-corrected chi connectivity index (χ0v) is 17.5. The maximum absolute atomic E-state index is 13.0. The third-order valence-electron chi connectivity index (χ3n) is 6.23. The van der Waals surface area contributed by atoms with E-state index in [4.69, 9.17) is 4.18 Å². The summed E-state index contributed by atoms with van der Waals surface area (Å²) in [4.78, 5) is 2.37. The largest absolute Gasteiger partial charge is 0.376 e. The van der Waals surface area contributed by atoms with Gasteiger partial charge in [0.05, 0.1) is 11.7 Å². The van der Waals surface area contributed by atoms with E-state index in [1.165, 1.54) is 11.1 Å². The molecule has 0 saturated heterocycles. The Kier molecular flexibility index (Phi) is 4.00. The van der Waals surface area contributed by atoms with Gasteiger partial charge in [-0.05, 0) is 54.7 Å². The molecule has 5 rings (SSSR count). The number of likely N-dealkylation sites (N-methyl/N-ethyl adjacent to an activating group) is 1. The standard InChI is InChI=1S/C24H23NO3S/c1-15-8-11-18(12-9-15)29(26,27)28-24-16(2)10-13-20-21-14-17-6-4-5-7-19(17)22(21)25(3)23(20)24/h4-13,21-22H,14H2,1-3H3/t21-,22+/m0/s1. The van der Waals surface area contributed by atoms with Crippen LogP contribution in [0.25, 0.3) is 0 Å². The molecule has 0 unspecified atom stereocenters. The van der Waals surface area contributed by atoms with Crippen LogP contribution < -0.4 is 9.08 Å². The van der Waals surface area contributed by atoms with Crippen LogP contribution in [0.2, 0.25) is 0 Å². The summed E-state index contributed by atoms with van der Waals surface area (Å²) in [7, 11) is -1.87. The Morgan fingerprint density at radius 3 is 2.41 bits per heavy atom. The van der Waals surface area contributed by atoms with Gasteiger partial charge in [0.2, 0.25) is 0 Å². The van der Waals surface area contributed by atoms with E-state index in [0.717, 1.165) is 28.8 Å². The predicted molar refractivity (Wildman–Crippen MR) is 114 cm³/mol. The first-order valence-electron chi connectivity index (χ1n) is 9.82. The molecule has 0 saturated carbocycles. The van der Waals surface area contributed by atoms with Crippen molar-refractivity contribution >= 4 is 15.8 Å². The van der Waals surface area contributed by atoms with Gasteiger partial charge in [0.25, 0.3) is 0 Å². The average Bonchev–Trinajstić information content (AvgIpc) is 3.20. The maximum atomic E-state index is 13.0. The number of rotatable bonds is 3. The fraction of sp³-hybridized carbons (Fsp3) is 0.250. The molecule has 5 heteroatoms. The lowest BCUT2D eigenvalue weighted by molar-refractivity contribution is 0.484. The van der Waals surface area contributed by atoms with E-state index in [9.17, 15) is 8.42 Å². The smallest absolute Gasteiger partial charge is 0.339 e. The van der Waals surface area contributed by atoms with Gasteiger partial charge in [-0.2, -0.15) is 8.42 Å². The van der Waals surface area contributed by atoms with Gasteiger partial charge in [0.1, 0.15) is 4.90 Å². The van der Waals surface area contributed by atoms with E-state index >= 15 is 0 Å². The second-order valence-electron chi connectivity index (χ2n) is 8.07. The zero-order chi connectivity index (χ0) is 20.3. The van der Waals surface area contributed by atoms with E-state index in [0.29, 0.717) is 11.7 Å². The molecule has 1 aliphatic carbocycles. The summed E-state index contributed by atoms with van der Waals surface area (Å²) in [5.74, 6) is 0.759. The molecule has 0 radical (unpaired) electrons. The minimum absolute atomic E-state index is 0.172. The number of hydrogen-bond acceptors (Lipinski definition) is 4. The lowest BCUT2D eigenvalue weighted by Crippen LogP contribution is -2.21. The van der Waals surface area contributed by atoms with Crippen molar-refractivity contribution in [3.8, 4) is 5.75 Å². The monoisotopic (exact) mass is 405 g/mol. The zero-order valence-electron chi connectivity index (χ0n) is 16.7. The van der Waals surface area contributed by atoms with Crippen LogP contribution in [0.5, 0.6) is 5.75 Å². The van der Waals surface area contributed by atoms with Gasteiger partial charge in [-0.25, -0.2) is 0 Å². The first-order chi connectivity index (χ1) is 13.9. The molecule has 2 atom stereocenters. The van der Waals surface area contributed by atoms with Crippen molar-refractivity contribution in [1.29, 1.82) is 0 Å². The van der Waals surface area contributed by atoms with Crippen molar-refractivity contribution in [2.24, 2.45) is 0 Å². The molecule has 3 aromatic rings. The number of aryl methyl sites for hydroxylation is 2. The molecule has 2 aliphatic rings. The lowest BCUT2D eigenvalue weighted by Gasteiger charge is -2.25. The Hall–Kier alpha value is -2.79. The SMILES string of the molecule is Cc1ccc(S(=O)(=O)Oc2c(C)ccc3c2N(C)[C@@H]2c4ccccc4C[C@@H]32)cc1. The van der Waals surface area contributed by atoms with Gasteiger partial charge in [0, 0.05) is 13.0 Å². The number of hydrogen-bond donors (Lipinski definition) is 0. The highest BCUT2D eigenvalue weighted by molar-refractivity contribution is 7.87. The highest BCUT2D eigenvalue weighted by Crippen LogP contribution is 2.57. The first kappa shape index (κ1) is 18.3. The molecule has 0 fully saturated rings. The summed E-state index contributed by atoms with van der Waals surface area (Å²) < 4.78 is 31.7. The third kappa shape index (κ3) is 2.76. The molecule has 1 aliphatic heterocycles. The minimum atomic E-state index is -3.91. The number of fused-ring (bicyclic) bond motifs is 5. The van der Waals surface area contributed by atoms with Crippen LogP contribution in [0.4, 0.5) is 5.69 Å². The fourth-order valence-electron chi connectivity index (χ4n) is 4.79. The van der Waals surface area contributed by atoms with Gasteiger partial charge in [-0.3, -0.25) is 0 Å². The molecule has 1 heterocycles. The molecule has 29 heavy (non-hydrogen) atoms. The first-order valence-corrected chi connectivity index (χ1v) is 11.2. The van der Waals surface area contributed by atoms with Crippen molar-refractivity contribution in [1.82, 2.24) is 0 Å². The molecular formula is C24H23NO3S. The Morgan fingerprint density at radius 2 is 1.66 bits per heavy atom. The molecule has 0 aromatic heterocycles. The molecular weight excluding hydrogens is 382 g/mol. The normalized spacial score (nSPS) is 19.6. The fourth-order valence-corrected chi connectivity index (χ4v) is 5.79. The van der Waals surface area contributed by atoms with Crippen molar-refractivity contribution in [3.63, 3.8) is 0 Å². The van der Waals surface area contributed by atoms with Gasteiger partial charge < -0.3 is 9.08 Å². The van der Waals surface area contributed by atoms with Gasteiger partial charge in [0.15, 0.2) is 5.75 Å². The van der Waals surface area contributed by atoms with Crippen LogP contribution in [0, 0.1) is 13.8 Å². The number of benzene rings is 3. The summed E-state index contributed by atoms with van der Waals surface area (Å²) in [5, 5.41) is 0. The molecule has 0 bridgehead atoms. The Morgan fingerprint density at radius 1 is 0.931 bits per heavy atom. The molecule has 4 nitrogen and oxygen atoms in total. The Bertz CT molecular complexity index is 1220. The van der Waals surface area contributed by atoms with E-state index in [1.807, 2.05) is 27.0 Å². The van der Waals surface area contributed by atoms with Crippen LogP contribution in [-0.2, 0) is 16.5 Å². The average molecular weight is 406 g/mol. The predicted octanol–water partition coefficient (Wildman–Crippen LogP) is 4.90. The van der Waals surface area contributed by atoms with Gasteiger partial charge in [-0.15, -0.1) is 0 Å². The topological polar surface area (TPSA) is 46.6 Å². The molecule has 0 amide bonds. The van der Waals surface area contributed by atoms with E-state index in [2.05, 4.69) is 35.2 Å². The van der Waals surface area contributed by atoms with Crippen LogP contribution in [0.3, 0.4) is 0 Å². The quantitative estimate of drug-likeness (QED) is 0.582. The number of anilines is 1. The van der Waals surface area contributed by atoms with E-state index in [-0.39, 0.29) is 10.9 Å². The van der Waals surface area contributed by atoms with Crippen LogP contribution in [0.15, 0.2) is 65.6 Å². The van der Waals surface area contributed by atoms with E-state index in [1.54, 1.807) is 24.3 Å². The summed E-state index contributed by atoms with van der Waals surface area (Å²) >= 11 is 0. The van der Waals surface area contributed by atoms with Gasteiger partial charge in [-0.1, -0.05) is 54.1 Å². The van der Waals surface area contributed by atoms with Crippen molar-refractivity contribution in [3.05, 3.63) is 88.5 Å². The third-order valence-corrected chi connectivity index (χ3v) is 7.46. The second-order valence-corrected chi connectivity index (χ2v) is 9.61. The van der Waals surface area contributed by atoms with Crippen molar-refractivity contribution < 1.29 is 12.6 Å². The van der Waals surface area contributed by atoms with Crippen LogP contribution in [-0.4, -0.2) is 15.5 Å². The lowest BCUT2D eigenvalue weighted by atomic mass is 9.95. The molecule has 0 spiro atoms. The Balaban J connectivity index is 1.58. The van der Waals surface area contributed by atoms with E-state index < -0.39 is 10.1 Å². The molecule has 0 N–H and O–H groups in total. The van der Waals surface area contributed by atoms with Crippen molar-refractivity contribution in [2.75, 3.05) is 11.9 Å². The summed E-state index contributed by atoms with van der Waals surface area (Å²) in [6.45, 7) is 3.83. The van der Waals surface area contributed by atoms with Crippen molar-refractivity contribution in [2.45, 2.75) is 37.1 Å². The molecule has 148 valence electrons. The van der Waals surface area contributed by atoms with Crippen LogP contribution in [0.1, 0.15) is 39.8 Å². The summed E-state index contributed by atoms with van der Waals surface area (Å²) in [6.07, 6.45) is 0.964. The summed E-state index contributed by atoms with van der Waals surface area (Å²) in [5.41, 5.74) is 6.57. The highest BCUT2D eigenvalue weighted by Gasteiger charge is 2.45.